The maximum Gasteiger partial charge on any atom is 0.327 e. The van der Waals surface area contributed by atoms with Crippen LogP contribution in [0.3, 0.4) is 0 Å². The highest BCUT2D eigenvalue weighted by Crippen LogP contribution is 2.25. The van der Waals surface area contributed by atoms with Crippen molar-refractivity contribution < 1.29 is 0 Å². The highest BCUT2D eigenvalue weighted by atomic mass is 16.2. The minimum Gasteiger partial charge on any atom is -0.332 e. The van der Waals surface area contributed by atoms with Gasteiger partial charge < -0.3 is 4.98 Å². The molecular formula is C14H9N5O2. The number of benzene rings is 1. The van der Waals surface area contributed by atoms with E-state index < -0.39 is 11.2 Å². The molecule has 0 aliphatic carbocycles. The van der Waals surface area contributed by atoms with E-state index in [1.54, 1.807) is 6.20 Å². The fraction of sp³-hybridized carbons (Fsp3) is 0. The second-order valence-electron chi connectivity index (χ2n) is 4.59. The van der Waals surface area contributed by atoms with E-state index in [0.29, 0.717) is 5.82 Å². The van der Waals surface area contributed by atoms with Gasteiger partial charge in [-0.2, -0.15) is 0 Å². The number of imidazole rings is 1. The Hall–Kier alpha value is -3.22. The van der Waals surface area contributed by atoms with Gasteiger partial charge in [0.1, 0.15) is 11.3 Å². The molecule has 1 aromatic carbocycles. The standard InChI is InChI=1S/C14H9N5O2/c20-13-10-12(18-14(21)19-13)17-11(16-10)8-5-6-15-9-4-2-1-3-7(8)9/h1-6H,(H3,16,17,18,19,20,21). The Morgan fingerprint density at radius 2 is 1.81 bits per heavy atom. The van der Waals surface area contributed by atoms with Crippen LogP contribution in [0.15, 0.2) is 46.1 Å². The molecule has 7 nitrogen and oxygen atoms in total. The van der Waals surface area contributed by atoms with Crippen molar-refractivity contribution in [3.63, 3.8) is 0 Å². The third-order valence-electron chi connectivity index (χ3n) is 3.29. The van der Waals surface area contributed by atoms with Crippen LogP contribution in [0.4, 0.5) is 0 Å². The van der Waals surface area contributed by atoms with Gasteiger partial charge in [-0.1, -0.05) is 18.2 Å². The summed E-state index contributed by atoms with van der Waals surface area (Å²) in [6.07, 6.45) is 1.68. The molecule has 0 saturated heterocycles. The fourth-order valence-electron chi connectivity index (χ4n) is 2.36. The van der Waals surface area contributed by atoms with Gasteiger partial charge in [-0.05, 0) is 12.1 Å². The topological polar surface area (TPSA) is 107 Å². The summed E-state index contributed by atoms with van der Waals surface area (Å²) >= 11 is 0. The summed E-state index contributed by atoms with van der Waals surface area (Å²) in [7, 11) is 0. The van der Waals surface area contributed by atoms with E-state index in [4.69, 9.17) is 0 Å². The first kappa shape index (κ1) is 11.6. The molecule has 3 aromatic heterocycles. The zero-order valence-corrected chi connectivity index (χ0v) is 10.7. The smallest absolute Gasteiger partial charge is 0.327 e. The quantitative estimate of drug-likeness (QED) is 0.486. The van der Waals surface area contributed by atoms with Gasteiger partial charge in [-0.25, -0.2) is 9.78 Å². The Labute approximate surface area is 116 Å². The van der Waals surface area contributed by atoms with Gasteiger partial charge >= 0.3 is 5.69 Å². The molecule has 0 atom stereocenters. The van der Waals surface area contributed by atoms with Crippen LogP contribution in [0.25, 0.3) is 33.5 Å². The number of hydrogen-bond donors (Lipinski definition) is 3. The zero-order chi connectivity index (χ0) is 14.4. The molecule has 0 aliphatic heterocycles. The van der Waals surface area contributed by atoms with Crippen molar-refractivity contribution in [1.82, 2.24) is 24.9 Å². The van der Waals surface area contributed by atoms with E-state index >= 15 is 0 Å². The Kier molecular flexibility index (Phi) is 2.28. The fourth-order valence-corrected chi connectivity index (χ4v) is 2.36. The minimum atomic E-state index is -0.579. The van der Waals surface area contributed by atoms with E-state index in [1.807, 2.05) is 30.3 Å². The average Bonchev–Trinajstić information content (AvgIpc) is 2.90. The first-order chi connectivity index (χ1) is 10.2. The molecule has 0 saturated carbocycles. The van der Waals surface area contributed by atoms with E-state index in [9.17, 15) is 9.59 Å². The van der Waals surface area contributed by atoms with Crippen LogP contribution in [-0.2, 0) is 0 Å². The molecule has 0 bridgehead atoms. The zero-order valence-electron chi connectivity index (χ0n) is 10.7. The van der Waals surface area contributed by atoms with Gasteiger partial charge in [-0.15, -0.1) is 0 Å². The van der Waals surface area contributed by atoms with Crippen LogP contribution >= 0.6 is 0 Å². The SMILES string of the molecule is O=c1[nH]c(=O)c2[nH]c(-c3ccnc4ccccc34)nc2[nH]1. The van der Waals surface area contributed by atoms with E-state index in [-0.39, 0.29) is 11.2 Å². The van der Waals surface area contributed by atoms with Gasteiger partial charge in [-0.3, -0.25) is 19.7 Å². The summed E-state index contributed by atoms with van der Waals surface area (Å²) in [5, 5.41) is 0.915. The molecule has 0 radical (unpaired) electrons. The Morgan fingerprint density at radius 1 is 0.952 bits per heavy atom. The number of nitrogens with one attached hydrogen (secondary N) is 3. The molecule has 0 spiro atoms. The maximum absolute atomic E-state index is 11.7. The molecular weight excluding hydrogens is 270 g/mol. The van der Waals surface area contributed by atoms with E-state index in [0.717, 1.165) is 16.5 Å². The highest BCUT2D eigenvalue weighted by Gasteiger charge is 2.11. The molecule has 0 amide bonds. The molecule has 102 valence electrons. The summed E-state index contributed by atoms with van der Waals surface area (Å²) in [5.41, 5.74) is 1.05. The molecule has 0 unspecified atom stereocenters. The Balaban J connectivity index is 2.07. The third kappa shape index (κ3) is 1.75. The molecule has 3 N–H and O–H groups in total. The largest absolute Gasteiger partial charge is 0.332 e. The van der Waals surface area contributed by atoms with Gasteiger partial charge in [0.15, 0.2) is 5.65 Å². The number of hydrogen-bond acceptors (Lipinski definition) is 4. The number of pyridine rings is 1. The number of nitrogens with zero attached hydrogens (tertiary/aromatic N) is 2. The second kappa shape index (κ2) is 4.14. The monoisotopic (exact) mass is 279 g/mol. The lowest BCUT2D eigenvalue weighted by molar-refractivity contribution is 1.07. The molecule has 21 heavy (non-hydrogen) atoms. The number of rotatable bonds is 1. The van der Waals surface area contributed by atoms with Crippen molar-refractivity contribution in [2.45, 2.75) is 0 Å². The minimum absolute atomic E-state index is 0.236. The van der Waals surface area contributed by atoms with Crippen molar-refractivity contribution in [1.29, 1.82) is 0 Å². The molecule has 4 aromatic rings. The van der Waals surface area contributed by atoms with Crippen LogP contribution in [0.1, 0.15) is 0 Å². The van der Waals surface area contributed by atoms with Crippen LogP contribution in [0, 0.1) is 0 Å². The summed E-state index contributed by atoms with van der Waals surface area (Å²) in [6.45, 7) is 0. The number of para-hydroxylation sites is 1. The predicted octanol–water partition coefficient (Wildman–Crippen LogP) is 1.15. The molecule has 0 fully saturated rings. The van der Waals surface area contributed by atoms with Crippen LogP contribution < -0.4 is 11.2 Å². The lowest BCUT2D eigenvalue weighted by Crippen LogP contribution is -2.21. The van der Waals surface area contributed by atoms with Gasteiger partial charge in [0, 0.05) is 17.1 Å². The normalized spacial score (nSPS) is 11.2. The van der Waals surface area contributed by atoms with Gasteiger partial charge in [0.25, 0.3) is 5.56 Å². The molecule has 4 rings (SSSR count). The Bertz CT molecular complexity index is 1080. The lowest BCUT2D eigenvalue weighted by atomic mass is 10.1. The molecule has 0 aliphatic rings. The first-order valence-electron chi connectivity index (χ1n) is 6.29. The molecule has 7 heteroatoms. The number of fused-ring (bicyclic) bond motifs is 2. The van der Waals surface area contributed by atoms with Crippen LogP contribution in [0.5, 0.6) is 0 Å². The lowest BCUT2D eigenvalue weighted by Gasteiger charge is -2.02. The Morgan fingerprint density at radius 3 is 2.71 bits per heavy atom. The van der Waals surface area contributed by atoms with Crippen molar-refractivity contribution in [2.75, 3.05) is 0 Å². The van der Waals surface area contributed by atoms with Crippen molar-refractivity contribution in [3.8, 4) is 11.4 Å². The molecule has 3 heterocycles. The van der Waals surface area contributed by atoms with Gasteiger partial charge in [0.2, 0.25) is 0 Å². The van der Waals surface area contributed by atoms with Crippen molar-refractivity contribution >= 4 is 22.1 Å². The maximum atomic E-state index is 11.7. The number of aromatic amines is 3. The summed E-state index contributed by atoms with van der Waals surface area (Å²) in [5.74, 6) is 0.510. The number of aromatic nitrogens is 5. The predicted molar refractivity (Wildman–Crippen MR) is 78.1 cm³/mol. The van der Waals surface area contributed by atoms with Gasteiger partial charge in [0.05, 0.1) is 5.52 Å². The van der Waals surface area contributed by atoms with E-state index in [2.05, 4.69) is 24.9 Å². The highest BCUT2D eigenvalue weighted by molar-refractivity contribution is 5.93. The second-order valence-corrected chi connectivity index (χ2v) is 4.59. The first-order valence-corrected chi connectivity index (χ1v) is 6.29. The summed E-state index contributed by atoms with van der Waals surface area (Å²) < 4.78 is 0. The van der Waals surface area contributed by atoms with Crippen LogP contribution in [-0.4, -0.2) is 24.9 Å². The third-order valence-corrected chi connectivity index (χ3v) is 3.29. The summed E-state index contributed by atoms with van der Waals surface area (Å²) in [4.78, 5) is 39.2. The van der Waals surface area contributed by atoms with Crippen molar-refractivity contribution in [2.24, 2.45) is 0 Å². The van der Waals surface area contributed by atoms with Crippen molar-refractivity contribution in [3.05, 3.63) is 57.4 Å². The van der Waals surface area contributed by atoms with E-state index in [1.165, 1.54) is 0 Å². The number of H-pyrrole nitrogens is 3. The summed E-state index contributed by atoms with van der Waals surface area (Å²) in [6, 6.07) is 9.45. The van der Waals surface area contributed by atoms with Crippen LogP contribution in [0.2, 0.25) is 0 Å². The average molecular weight is 279 g/mol.